The average molecular weight is 231 g/mol. The second kappa shape index (κ2) is 5.47. The number of carbonyl (C=O) groups excluding carboxylic acids is 1. The minimum atomic E-state index is 0.0670. The lowest BCUT2D eigenvalue weighted by atomic mass is 10.2. The lowest BCUT2D eigenvalue weighted by Crippen LogP contribution is -2.11. The number of hydrogen-bond acceptors (Lipinski definition) is 2. The highest BCUT2D eigenvalue weighted by atomic mass is 32.1. The van der Waals surface area contributed by atoms with Crippen molar-refractivity contribution in [2.24, 2.45) is 0 Å². The van der Waals surface area contributed by atoms with E-state index in [0.717, 1.165) is 12.1 Å². The molecular formula is C13H13NOS. The number of nitrogens with one attached hydrogen (secondary N) is 1. The molecule has 1 aromatic heterocycles. The molecule has 0 atom stereocenters. The predicted molar refractivity (Wildman–Crippen MR) is 67.7 cm³/mol. The van der Waals surface area contributed by atoms with E-state index in [1.165, 1.54) is 5.56 Å². The second-order valence-corrected chi connectivity index (χ2v) is 4.33. The third kappa shape index (κ3) is 3.21. The molecule has 0 bridgehead atoms. The van der Waals surface area contributed by atoms with E-state index in [1.807, 2.05) is 35.7 Å². The van der Waals surface area contributed by atoms with Gasteiger partial charge in [-0.3, -0.25) is 4.79 Å². The maximum Gasteiger partial charge on any atom is 0.224 e. The molecule has 0 radical (unpaired) electrons. The first kappa shape index (κ1) is 10.9. The number of rotatable bonds is 4. The summed E-state index contributed by atoms with van der Waals surface area (Å²) in [4.78, 5) is 11.6. The Morgan fingerprint density at radius 1 is 1.19 bits per heavy atom. The minimum Gasteiger partial charge on any atom is -0.326 e. The predicted octanol–water partition coefficient (Wildman–Crippen LogP) is 3.32. The molecule has 1 heterocycles. The van der Waals surface area contributed by atoms with E-state index in [2.05, 4.69) is 16.8 Å². The molecule has 0 aliphatic heterocycles. The van der Waals surface area contributed by atoms with Crippen molar-refractivity contribution in [2.75, 3.05) is 5.32 Å². The zero-order chi connectivity index (χ0) is 11.2. The van der Waals surface area contributed by atoms with Crippen molar-refractivity contribution in [3.8, 4) is 0 Å². The van der Waals surface area contributed by atoms with E-state index < -0.39 is 0 Å². The molecule has 2 rings (SSSR count). The van der Waals surface area contributed by atoms with Gasteiger partial charge in [0.2, 0.25) is 5.91 Å². The zero-order valence-corrected chi connectivity index (χ0v) is 9.67. The van der Waals surface area contributed by atoms with Crippen molar-refractivity contribution in [1.82, 2.24) is 0 Å². The summed E-state index contributed by atoms with van der Waals surface area (Å²) < 4.78 is 0. The smallest absolute Gasteiger partial charge is 0.224 e. The van der Waals surface area contributed by atoms with Crippen LogP contribution in [0.15, 0.2) is 47.2 Å². The van der Waals surface area contributed by atoms with Gasteiger partial charge in [-0.1, -0.05) is 18.2 Å². The Kier molecular flexibility index (Phi) is 3.72. The van der Waals surface area contributed by atoms with Crippen LogP contribution in [0, 0.1) is 0 Å². The van der Waals surface area contributed by atoms with Gasteiger partial charge in [0.05, 0.1) is 0 Å². The monoisotopic (exact) mass is 231 g/mol. The molecular weight excluding hydrogens is 218 g/mol. The van der Waals surface area contributed by atoms with E-state index in [1.54, 1.807) is 11.3 Å². The summed E-state index contributed by atoms with van der Waals surface area (Å²) in [5, 5.41) is 6.98. The summed E-state index contributed by atoms with van der Waals surface area (Å²) in [7, 11) is 0. The Morgan fingerprint density at radius 2 is 2.00 bits per heavy atom. The van der Waals surface area contributed by atoms with Gasteiger partial charge < -0.3 is 5.32 Å². The van der Waals surface area contributed by atoms with Crippen molar-refractivity contribution in [2.45, 2.75) is 12.8 Å². The Hall–Kier alpha value is -1.61. The lowest BCUT2D eigenvalue weighted by molar-refractivity contribution is -0.116. The van der Waals surface area contributed by atoms with Crippen LogP contribution >= 0.6 is 11.3 Å². The second-order valence-electron chi connectivity index (χ2n) is 3.55. The molecule has 1 N–H and O–H groups in total. The molecule has 82 valence electrons. The molecule has 0 fully saturated rings. The van der Waals surface area contributed by atoms with Gasteiger partial charge in [-0.2, -0.15) is 11.3 Å². The quantitative estimate of drug-likeness (QED) is 0.859. The molecule has 2 nitrogen and oxygen atoms in total. The first-order valence-corrected chi connectivity index (χ1v) is 6.15. The van der Waals surface area contributed by atoms with Gasteiger partial charge in [0.1, 0.15) is 0 Å². The van der Waals surface area contributed by atoms with Crippen molar-refractivity contribution in [3.63, 3.8) is 0 Å². The fourth-order valence-electron chi connectivity index (χ4n) is 1.44. The molecule has 0 saturated carbocycles. The molecule has 3 heteroatoms. The van der Waals surface area contributed by atoms with E-state index in [9.17, 15) is 4.79 Å². The molecule has 0 aliphatic rings. The third-order valence-electron chi connectivity index (χ3n) is 2.28. The standard InChI is InChI=1S/C13H13NOS/c15-13(7-6-11-8-9-16-10-11)14-12-4-2-1-3-5-12/h1-5,8-10H,6-7H2,(H,14,15). The Morgan fingerprint density at radius 3 is 2.69 bits per heavy atom. The van der Waals surface area contributed by atoms with Crippen molar-refractivity contribution < 1.29 is 4.79 Å². The Labute approximate surface area is 98.9 Å². The van der Waals surface area contributed by atoms with Crippen LogP contribution in [0.25, 0.3) is 0 Å². The van der Waals surface area contributed by atoms with Crippen LogP contribution in [-0.2, 0) is 11.2 Å². The molecule has 2 aromatic rings. The molecule has 0 saturated heterocycles. The summed E-state index contributed by atoms with van der Waals surface area (Å²) in [6.07, 6.45) is 1.34. The minimum absolute atomic E-state index is 0.0670. The number of benzene rings is 1. The fraction of sp³-hybridized carbons (Fsp3) is 0.154. The number of anilines is 1. The number of para-hydroxylation sites is 1. The lowest BCUT2D eigenvalue weighted by Gasteiger charge is -2.03. The third-order valence-corrected chi connectivity index (χ3v) is 3.01. The highest BCUT2D eigenvalue weighted by Crippen LogP contribution is 2.10. The Balaban J connectivity index is 1.81. The topological polar surface area (TPSA) is 29.1 Å². The number of aryl methyl sites for hydroxylation is 1. The van der Waals surface area contributed by atoms with Crippen LogP contribution in [0.5, 0.6) is 0 Å². The summed E-state index contributed by atoms with van der Waals surface area (Å²) in [5.41, 5.74) is 2.09. The van der Waals surface area contributed by atoms with Crippen molar-refractivity contribution >= 4 is 22.9 Å². The van der Waals surface area contributed by atoms with Gasteiger partial charge in [0.25, 0.3) is 0 Å². The van der Waals surface area contributed by atoms with Gasteiger partial charge in [-0.15, -0.1) is 0 Å². The van der Waals surface area contributed by atoms with Crippen LogP contribution < -0.4 is 5.32 Å². The van der Waals surface area contributed by atoms with Gasteiger partial charge >= 0.3 is 0 Å². The largest absolute Gasteiger partial charge is 0.326 e. The van der Waals surface area contributed by atoms with E-state index in [-0.39, 0.29) is 5.91 Å². The van der Waals surface area contributed by atoms with Crippen molar-refractivity contribution in [3.05, 3.63) is 52.7 Å². The molecule has 16 heavy (non-hydrogen) atoms. The maximum atomic E-state index is 11.6. The zero-order valence-electron chi connectivity index (χ0n) is 8.85. The maximum absolute atomic E-state index is 11.6. The van der Waals surface area contributed by atoms with E-state index in [0.29, 0.717) is 6.42 Å². The van der Waals surface area contributed by atoms with Gasteiger partial charge in [-0.05, 0) is 40.9 Å². The van der Waals surface area contributed by atoms with Gasteiger partial charge in [0.15, 0.2) is 0 Å². The highest BCUT2D eigenvalue weighted by molar-refractivity contribution is 7.07. The van der Waals surface area contributed by atoms with Gasteiger partial charge in [0, 0.05) is 12.1 Å². The van der Waals surface area contributed by atoms with Crippen molar-refractivity contribution in [1.29, 1.82) is 0 Å². The van der Waals surface area contributed by atoms with E-state index >= 15 is 0 Å². The first-order chi connectivity index (χ1) is 7.84. The number of carbonyl (C=O) groups is 1. The SMILES string of the molecule is O=C(CCc1ccsc1)Nc1ccccc1. The van der Waals surface area contributed by atoms with E-state index in [4.69, 9.17) is 0 Å². The first-order valence-electron chi connectivity index (χ1n) is 5.20. The van der Waals surface area contributed by atoms with Crippen LogP contribution in [-0.4, -0.2) is 5.91 Å². The van der Waals surface area contributed by atoms with Crippen LogP contribution in [0.1, 0.15) is 12.0 Å². The highest BCUT2D eigenvalue weighted by Gasteiger charge is 2.02. The number of amides is 1. The summed E-state index contributed by atoms with van der Waals surface area (Å²) >= 11 is 1.66. The van der Waals surface area contributed by atoms with Crippen LogP contribution in [0.2, 0.25) is 0 Å². The molecule has 0 spiro atoms. The number of hydrogen-bond donors (Lipinski definition) is 1. The summed E-state index contributed by atoms with van der Waals surface area (Å²) in [5.74, 6) is 0.0670. The average Bonchev–Trinajstić information content (AvgIpc) is 2.81. The normalized spacial score (nSPS) is 10.0. The molecule has 0 unspecified atom stereocenters. The summed E-state index contributed by atoms with van der Waals surface area (Å²) in [6, 6.07) is 11.6. The molecule has 1 aromatic carbocycles. The van der Waals surface area contributed by atoms with Gasteiger partial charge in [-0.25, -0.2) is 0 Å². The van der Waals surface area contributed by atoms with Crippen LogP contribution in [0.3, 0.4) is 0 Å². The fourth-order valence-corrected chi connectivity index (χ4v) is 2.14. The molecule has 1 amide bonds. The molecule has 0 aliphatic carbocycles. The number of thiophene rings is 1. The Bertz CT molecular complexity index is 436. The van der Waals surface area contributed by atoms with Crippen LogP contribution in [0.4, 0.5) is 5.69 Å². The summed E-state index contributed by atoms with van der Waals surface area (Å²) in [6.45, 7) is 0.